The van der Waals surface area contributed by atoms with Gasteiger partial charge in [0.05, 0.1) is 0 Å². The summed E-state index contributed by atoms with van der Waals surface area (Å²) in [5.41, 5.74) is 6.12. The van der Waals surface area contributed by atoms with E-state index in [1.54, 1.807) is 105 Å². The average molecular weight is 711 g/mol. The van der Waals surface area contributed by atoms with E-state index >= 15 is 0 Å². The van der Waals surface area contributed by atoms with Gasteiger partial charge in [0.1, 0.15) is 30.2 Å². The molecule has 0 aliphatic rings. The molecule has 0 bridgehead atoms. The Labute approximate surface area is 290 Å². The smallest absolute Gasteiger partial charge is 0.452 e. The monoisotopic (exact) mass is 710 g/mol. The van der Waals surface area contributed by atoms with Crippen LogP contribution in [0.4, 0.5) is 4.79 Å². The van der Waals surface area contributed by atoms with Crippen LogP contribution < -0.4 is 30.7 Å². The van der Waals surface area contributed by atoms with Gasteiger partial charge in [-0.3, -0.25) is 19.2 Å². The molecule has 3 rings (SSSR count). The van der Waals surface area contributed by atoms with Gasteiger partial charge in [0.25, 0.3) is 0 Å². The van der Waals surface area contributed by atoms with Crippen molar-refractivity contribution in [1.82, 2.24) is 16.0 Å². The molecule has 4 amide bonds. The van der Waals surface area contributed by atoms with E-state index in [1.807, 2.05) is 0 Å². The van der Waals surface area contributed by atoms with E-state index in [0.717, 1.165) is 0 Å². The van der Waals surface area contributed by atoms with Crippen molar-refractivity contribution in [2.75, 3.05) is 0 Å². The lowest BCUT2D eigenvalue weighted by Gasteiger charge is -2.30. The highest BCUT2D eigenvalue weighted by atomic mass is 31.2. The number of amides is 4. The summed E-state index contributed by atoms with van der Waals surface area (Å²) in [6.07, 6.45) is -2.18. The topological polar surface area (TPSA) is 212 Å². The second-order valence-corrected chi connectivity index (χ2v) is 13.8. The van der Waals surface area contributed by atoms with Gasteiger partial charge < -0.3 is 40.6 Å². The first-order valence-electron chi connectivity index (χ1n) is 16.0. The zero-order valence-electron chi connectivity index (χ0n) is 27.9. The minimum Gasteiger partial charge on any atom is -0.481 e. The molecule has 0 spiro atoms. The Morgan fingerprint density at radius 2 is 1.24 bits per heavy atom. The van der Waals surface area contributed by atoms with Crippen molar-refractivity contribution in [3.8, 4) is 11.5 Å². The van der Waals surface area contributed by atoms with Gasteiger partial charge in [-0.15, -0.1) is 0 Å². The van der Waals surface area contributed by atoms with Crippen molar-refractivity contribution in [2.24, 2.45) is 11.7 Å². The largest absolute Gasteiger partial charge is 0.481 e. The molecule has 0 aliphatic carbocycles. The van der Waals surface area contributed by atoms with Crippen LogP contribution in [-0.4, -0.2) is 52.8 Å². The predicted molar refractivity (Wildman–Crippen MR) is 184 cm³/mol. The Morgan fingerprint density at radius 1 is 0.720 bits per heavy atom. The molecule has 14 nitrogen and oxygen atoms in total. The second-order valence-electron chi connectivity index (χ2n) is 11.8. The van der Waals surface area contributed by atoms with Gasteiger partial charge in [-0.2, -0.15) is 0 Å². The first kappa shape index (κ1) is 39.1. The summed E-state index contributed by atoms with van der Waals surface area (Å²) >= 11 is 0. The predicted octanol–water partition coefficient (Wildman–Crippen LogP) is 4.74. The molecule has 268 valence electrons. The van der Waals surface area contributed by atoms with Gasteiger partial charge in [-0.1, -0.05) is 80.6 Å². The van der Waals surface area contributed by atoms with Crippen LogP contribution in [0.15, 0.2) is 91.0 Å². The molecule has 3 atom stereocenters. The van der Waals surface area contributed by atoms with Crippen LogP contribution in [0.3, 0.4) is 0 Å². The van der Waals surface area contributed by atoms with Crippen molar-refractivity contribution in [1.29, 1.82) is 0 Å². The summed E-state index contributed by atoms with van der Waals surface area (Å²) in [5.74, 6) is -4.79. The number of nitrogens with one attached hydrogen (secondary N) is 3. The lowest BCUT2D eigenvalue weighted by molar-refractivity contribution is -0.137. The number of carbonyl (C=O) groups excluding carboxylic acids is 4. The Hall–Kier alpha value is -5.36. The fourth-order valence-electron chi connectivity index (χ4n) is 4.67. The molecule has 0 saturated heterocycles. The van der Waals surface area contributed by atoms with Crippen LogP contribution in [0.1, 0.15) is 51.5 Å². The number of hydrogen-bond donors (Lipinski definition) is 5. The molecular weight excluding hydrogens is 667 g/mol. The standard InChI is InChI=1S/C35H43N4O10P/c1-24(2)22-29(37-33(43)28(18-21-32(41)42)38-35(45)47-23-25-12-6-3-7-13-25)34(44)39-31(20-19-30(36)40)50(46,48-26-14-8-4-9-15-26)49-27-16-10-5-11-17-27/h3-17,24,28-29,31H,18-23H2,1-2H3,(H2,36,40)(H,37,43)(H,38,45)(H,39,44)(H,41,42)/t28-,29-,31+/m0/s1. The number of carboxylic acids is 1. The van der Waals surface area contributed by atoms with Crippen LogP contribution in [0.5, 0.6) is 11.5 Å². The van der Waals surface area contributed by atoms with E-state index in [-0.39, 0.29) is 49.7 Å². The number of primary amides is 1. The molecule has 0 aromatic heterocycles. The lowest BCUT2D eigenvalue weighted by Crippen LogP contribution is -2.55. The number of carbonyl (C=O) groups is 5. The summed E-state index contributed by atoms with van der Waals surface area (Å²) in [5, 5.41) is 16.9. The van der Waals surface area contributed by atoms with Crippen LogP contribution in [0.2, 0.25) is 0 Å². The summed E-state index contributed by atoms with van der Waals surface area (Å²) in [4.78, 5) is 63.3. The number of alkyl carbamates (subject to hydrolysis) is 1. The summed E-state index contributed by atoms with van der Waals surface area (Å²) < 4.78 is 31.6. The Morgan fingerprint density at radius 3 is 1.74 bits per heavy atom. The Balaban J connectivity index is 1.86. The van der Waals surface area contributed by atoms with Crippen LogP contribution >= 0.6 is 7.60 Å². The molecule has 50 heavy (non-hydrogen) atoms. The molecule has 3 aromatic rings. The molecule has 6 N–H and O–H groups in total. The molecule has 0 unspecified atom stereocenters. The minimum atomic E-state index is -4.38. The summed E-state index contributed by atoms with van der Waals surface area (Å²) in [6, 6.07) is 22.4. The third-order valence-electron chi connectivity index (χ3n) is 7.11. The van der Waals surface area contributed by atoms with Crippen LogP contribution in [0.25, 0.3) is 0 Å². The number of rotatable bonds is 20. The second kappa shape index (κ2) is 19.6. The molecule has 3 aromatic carbocycles. The van der Waals surface area contributed by atoms with E-state index in [0.29, 0.717) is 5.56 Å². The maximum atomic E-state index is 14.6. The molecule has 0 radical (unpaired) electrons. The maximum absolute atomic E-state index is 14.6. The number of benzene rings is 3. The normalized spacial score (nSPS) is 12.9. The number of para-hydroxylation sites is 2. The third-order valence-corrected chi connectivity index (χ3v) is 9.20. The SMILES string of the molecule is CC(C)C[C@H](NC(=O)[C@H](CCC(=O)O)NC(=O)OCc1ccccc1)C(=O)N[C@@H](CCC(N)=O)P(=O)(Oc1ccccc1)Oc1ccccc1. The molecular formula is C35H43N4O10P. The zero-order valence-corrected chi connectivity index (χ0v) is 28.8. The lowest BCUT2D eigenvalue weighted by atomic mass is 10.0. The van der Waals surface area contributed by atoms with E-state index in [1.165, 1.54) is 0 Å². The number of nitrogens with two attached hydrogens (primary N) is 1. The molecule has 0 saturated carbocycles. The first-order valence-corrected chi connectivity index (χ1v) is 17.6. The van der Waals surface area contributed by atoms with Crippen LogP contribution in [0, 0.1) is 5.92 Å². The maximum Gasteiger partial charge on any atom is 0.452 e. The van der Waals surface area contributed by atoms with Gasteiger partial charge in [-0.25, -0.2) is 9.36 Å². The number of aliphatic carboxylic acids is 1. The van der Waals surface area contributed by atoms with Crippen molar-refractivity contribution < 1.29 is 47.4 Å². The van der Waals surface area contributed by atoms with Crippen molar-refractivity contribution in [2.45, 2.75) is 70.4 Å². The van der Waals surface area contributed by atoms with Crippen molar-refractivity contribution >= 4 is 37.4 Å². The van der Waals surface area contributed by atoms with E-state index in [4.69, 9.17) is 19.5 Å². The Bertz CT molecular complexity index is 1560. The van der Waals surface area contributed by atoms with Gasteiger partial charge in [-0.05, 0) is 55.0 Å². The number of hydrogen-bond acceptors (Lipinski definition) is 9. The zero-order chi connectivity index (χ0) is 36.5. The van der Waals surface area contributed by atoms with Crippen molar-refractivity contribution in [3.63, 3.8) is 0 Å². The summed E-state index contributed by atoms with van der Waals surface area (Å²) in [6.45, 7) is 3.52. The average Bonchev–Trinajstić information content (AvgIpc) is 3.08. The fourth-order valence-corrected chi connectivity index (χ4v) is 6.53. The van der Waals surface area contributed by atoms with Crippen molar-refractivity contribution in [3.05, 3.63) is 96.6 Å². The molecule has 0 aliphatic heterocycles. The quantitative estimate of drug-likeness (QED) is 0.102. The van der Waals surface area contributed by atoms with E-state index in [9.17, 15) is 33.6 Å². The molecule has 0 fully saturated rings. The third kappa shape index (κ3) is 13.6. The highest BCUT2D eigenvalue weighted by Crippen LogP contribution is 2.53. The van der Waals surface area contributed by atoms with E-state index < -0.39 is 61.7 Å². The summed E-state index contributed by atoms with van der Waals surface area (Å²) in [7, 11) is -4.38. The van der Waals surface area contributed by atoms with Gasteiger partial charge in [0.2, 0.25) is 17.7 Å². The number of carboxylic acid groups (broad SMARTS) is 1. The first-order chi connectivity index (χ1) is 23.8. The molecule has 15 heteroatoms. The molecule has 0 heterocycles. The highest BCUT2D eigenvalue weighted by Gasteiger charge is 2.42. The minimum absolute atomic E-state index is 0.0909. The van der Waals surface area contributed by atoms with Crippen LogP contribution in [-0.2, 0) is 35.1 Å². The van der Waals surface area contributed by atoms with E-state index in [2.05, 4.69) is 16.0 Å². The Kier molecular flexibility index (Phi) is 15.3. The van der Waals surface area contributed by atoms with Gasteiger partial charge in [0.15, 0.2) is 5.78 Å². The number of ether oxygens (including phenoxy) is 1. The fraction of sp³-hybridized carbons (Fsp3) is 0.343. The highest BCUT2D eigenvalue weighted by molar-refractivity contribution is 7.55. The van der Waals surface area contributed by atoms with Gasteiger partial charge >= 0.3 is 19.7 Å². The van der Waals surface area contributed by atoms with Gasteiger partial charge in [0, 0.05) is 12.8 Å².